The molecule has 0 aromatic heterocycles. The number of hydrogen-bond acceptors (Lipinski definition) is 3. The molecule has 0 bridgehead atoms. The van der Waals surface area contributed by atoms with E-state index in [0.717, 1.165) is 17.1 Å². The molecule has 1 amide bonds. The average Bonchev–Trinajstić information content (AvgIpc) is 3.26. The molecule has 4 heteroatoms. The van der Waals surface area contributed by atoms with Crippen molar-refractivity contribution < 1.29 is 14.3 Å². The Hall–Kier alpha value is -1.71. The number of rotatable bonds is 7. The molecule has 0 heterocycles. The van der Waals surface area contributed by atoms with E-state index in [1.165, 1.54) is 38.5 Å². The molecule has 126 valence electrons. The van der Waals surface area contributed by atoms with Gasteiger partial charge in [0.2, 0.25) is 5.91 Å². The minimum absolute atomic E-state index is 0.310. The van der Waals surface area contributed by atoms with Crippen LogP contribution >= 0.6 is 0 Å². The van der Waals surface area contributed by atoms with Gasteiger partial charge in [-0.3, -0.25) is 4.79 Å². The Bertz CT molecular complexity index is 548. The molecule has 0 unspecified atom stereocenters. The van der Waals surface area contributed by atoms with E-state index >= 15 is 0 Å². The van der Waals surface area contributed by atoms with Gasteiger partial charge in [0.1, 0.15) is 11.5 Å². The van der Waals surface area contributed by atoms with Gasteiger partial charge in [0.25, 0.3) is 0 Å². The summed E-state index contributed by atoms with van der Waals surface area (Å²) in [7, 11) is 3.33. The van der Waals surface area contributed by atoms with Gasteiger partial charge < -0.3 is 14.4 Å². The fourth-order valence-electron chi connectivity index (χ4n) is 3.69. The van der Waals surface area contributed by atoms with E-state index < -0.39 is 0 Å². The van der Waals surface area contributed by atoms with Crippen molar-refractivity contribution in [3.8, 4) is 11.5 Å². The lowest BCUT2D eigenvalue weighted by Crippen LogP contribution is -2.40. The van der Waals surface area contributed by atoms with Crippen LogP contribution in [-0.2, 0) is 11.2 Å². The predicted octanol–water partition coefficient (Wildman–Crippen LogP) is 3.57. The first-order valence-electron chi connectivity index (χ1n) is 8.75. The Kier molecular flexibility index (Phi) is 5.09. The molecular weight excluding hydrogens is 290 g/mol. The molecule has 4 nitrogen and oxygen atoms in total. The van der Waals surface area contributed by atoms with Crippen molar-refractivity contribution in [2.24, 2.45) is 0 Å². The number of nitrogens with zero attached hydrogens (tertiary/aromatic N) is 1. The van der Waals surface area contributed by atoms with Crippen LogP contribution in [0.4, 0.5) is 0 Å². The van der Waals surface area contributed by atoms with Crippen molar-refractivity contribution in [1.29, 1.82) is 0 Å². The predicted molar refractivity (Wildman–Crippen MR) is 90.0 cm³/mol. The van der Waals surface area contributed by atoms with Crippen LogP contribution in [0, 0.1) is 0 Å². The van der Waals surface area contributed by atoms with Crippen LogP contribution in [0.1, 0.15) is 50.5 Å². The monoisotopic (exact) mass is 317 g/mol. The van der Waals surface area contributed by atoms with Gasteiger partial charge in [-0.2, -0.15) is 0 Å². The number of ether oxygens (including phenoxy) is 2. The summed E-state index contributed by atoms with van der Waals surface area (Å²) in [6, 6.07) is 6.77. The SMILES string of the molecule is COc1ccc(OC)c(CCC(=O)N(C2CCCC2)C2CC2)c1. The second-order valence-electron chi connectivity index (χ2n) is 6.65. The van der Waals surface area contributed by atoms with Crippen LogP contribution in [0.2, 0.25) is 0 Å². The molecule has 3 rings (SSSR count). The largest absolute Gasteiger partial charge is 0.497 e. The van der Waals surface area contributed by atoms with Crippen molar-refractivity contribution in [3.63, 3.8) is 0 Å². The fourth-order valence-corrected chi connectivity index (χ4v) is 3.69. The van der Waals surface area contributed by atoms with Crippen LogP contribution in [-0.4, -0.2) is 37.1 Å². The topological polar surface area (TPSA) is 38.8 Å². The maximum atomic E-state index is 12.8. The fraction of sp³-hybridized carbons (Fsp3) is 0.632. The zero-order valence-corrected chi connectivity index (χ0v) is 14.2. The van der Waals surface area contributed by atoms with Gasteiger partial charge in [-0.1, -0.05) is 12.8 Å². The third kappa shape index (κ3) is 3.80. The highest BCUT2D eigenvalue weighted by molar-refractivity contribution is 5.77. The van der Waals surface area contributed by atoms with Gasteiger partial charge in [0.15, 0.2) is 0 Å². The summed E-state index contributed by atoms with van der Waals surface area (Å²) in [6.45, 7) is 0. The van der Waals surface area contributed by atoms with E-state index in [-0.39, 0.29) is 0 Å². The van der Waals surface area contributed by atoms with Crippen molar-refractivity contribution >= 4 is 5.91 Å². The Morgan fingerprint density at radius 1 is 1.09 bits per heavy atom. The summed E-state index contributed by atoms with van der Waals surface area (Å²) < 4.78 is 10.7. The number of methoxy groups -OCH3 is 2. The number of amides is 1. The zero-order valence-electron chi connectivity index (χ0n) is 14.2. The second kappa shape index (κ2) is 7.24. The van der Waals surface area contributed by atoms with Crippen LogP contribution in [0.3, 0.4) is 0 Å². The van der Waals surface area contributed by atoms with E-state index in [1.54, 1.807) is 14.2 Å². The minimum atomic E-state index is 0.310. The molecule has 2 saturated carbocycles. The Morgan fingerprint density at radius 3 is 2.39 bits per heavy atom. The lowest BCUT2D eigenvalue weighted by Gasteiger charge is -2.29. The molecule has 2 fully saturated rings. The van der Waals surface area contributed by atoms with E-state index in [2.05, 4.69) is 4.90 Å². The molecule has 0 radical (unpaired) electrons. The standard InChI is InChI=1S/C19H27NO3/c1-22-17-10-11-18(23-2)14(13-17)7-12-19(21)20(16-8-9-16)15-5-3-4-6-15/h10-11,13,15-16H,3-9,12H2,1-2H3. The summed E-state index contributed by atoms with van der Waals surface area (Å²) in [5.41, 5.74) is 1.04. The Morgan fingerprint density at radius 2 is 1.78 bits per heavy atom. The first-order valence-corrected chi connectivity index (χ1v) is 8.75. The molecule has 0 saturated heterocycles. The van der Waals surface area contributed by atoms with Crippen LogP contribution in [0.5, 0.6) is 11.5 Å². The number of aryl methyl sites for hydroxylation is 1. The van der Waals surface area contributed by atoms with Crippen molar-refractivity contribution in [2.75, 3.05) is 14.2 Å². The van der Waals surface area contributed by atoms with Crippen LogP contribution in [0.15, 0.2) is 18.2 Å². The maximum Gasteiger partial charge on any atom is 0.223 e. The van der Waals surface area contributed by atoms with Crippen molar-refractivity contribution in [2.45, 2.75) is 63.5 Å². The molecule has 0 aliphatic heterocycles. The zero-order chi connectivity index (χ0) is 16.2. The van der Waals surface area contributed by atoms with Gasteiger partial charge in [-0.05, 0) is 55.9 Å². The van der Waals surface area contributed by atoms with Crippen molar-refractivity contribution in [3.05, 3.63) is 23.8 Å². The molecule has 1 aromatic carbocycles. The highest BCUT2D eigenvalue weighted by Gasteiger charge is 2.37. The van der Waals surface area contributed by atoms with Gasteiger partial charge in [0.05, 0.1) is 14.2 Å². The lowest BCUT2D eigenvalue weighted by atomic mass is 10.1. The summed E-state index contributed by atoms with van der Waals surface area (Å²) in [6.07, 6.45) is 8.53. The molecule has 0 spiro atoms. The molecule has 0 atom stereocenters. The Balaban J connectivity index is 1.65. The molecule has 0 N–H and O–H groups in total. The molecule has 2 aliphatic rings. The first kappa shape index (κ1) is 16.2. The maximum absolute atomic E-state index is 12.8. The van der Waals surface area contributed by atoms with Gasteiger partial charge in [-0.25, -0.2) is 0 Å². The minimum Gasteiger partial charge on any atom is -0.497 e. The summed E-state index contributed by atoms with van der Waals surface area (Å²) >= 11 is 0. The van der Waals surface area contributed by atoms with E-state index in [9.17, 15) is 4.79 Å². The van der Waals surface area contributed by atoms with Crippen LogP contribution in [0.25, 0.3) is 0 Å². The number of benzene rings is 1. The normalized spacial score (nSPS) is 18.0. The van der Waals surface area contributed by atoms with Gasteiger partial charge in [-0.15, -0.1) is 0 Å². The molecular formula is C19H27NO3. The molecule has 1 aromatic rings. The average molecular weight is 317 g/mol. The number of carbonyl (C=O) groups excluding carboxylic acids is 1. The van der Waals surface area contributed by atoms with Gasteiger partial charge >= 0.3 is 0 Å². The summed E-state index contributed by atoms with van der Waals surface area (Å²) in [5, 5.41) is 0. The summed E-state index contributed by atoms with van der Waals surface area (Å²) in [5.74, 6) is 1.95. The van der Waals surface area contributed by atoms with E-state index in [4.69, 9.17) is 9.47 Å². The number of carbonyl (C=O) groups is 1. The first-order chi connectivity index (χ1) is 11.2. The Labute approximate surface area is 138 Å². The molecule has 2 aliphatic carbocycles. The highest BCUT2D eigenvalue weighted by Crippen LogP contribution is 2.35. The molecule has 23 heavy (non-hydrogen) atoms. The van der Waals surface area contributed by atoms with E-state index in [0.29, 0.717) is 30.8 Å². The highest BCUT2D eigenvalue weighted by atomic mass is 16.5. The smallest absolute Gasteiger partial charge is 0.223 e. The third-order valence-electron chi connectivity index (χ3n) is 5.04. The number of hydrogen-bond donors (Lipinski definition) is 0. The second-order valence-corrected chi connectivity index (χ2v) is 6.65. The lowest BCUT2D eigenvalue weighted by molar-refractivity contribution is -0.134. The van der Waals surface area contributed by atoms with Gasteiger partial charge in [0, 0.05) is 18.5 Å². The summed E-state index contributed by atoms with van der Waals surface area (Å²) in [4.78, 5) is 15.0. The van der Waals surface area contributed by atoms with E-state index in [1.807, 2.05) is 18.2 Å². The van der Waals surface area contributed by atoms with Crippen LogP contribution < -0.4 is 9.47 Å². The van der Waals surface area contributed by atoms with Crippen molar-refractivity contribution in [1.82, 2.24) is 4.90 Å². The quantitative estimate of drug-likeness (QED) is 0.772. The third-order valence-corrected chi connectivity index (χ3v) is 5.04.